The molecule has 1 aromatic heterocycles. The van der Waals surface area contributed by atoms with Gasteiger partial charge in [-0.25, -0.2) is 15.0 Å². The van der Waals surface area contributed by atoms with Crippen LogP contribution in [0.4, 0.5) is 0 Å². The fourth-order valence-corrected chi connectivity index (χ4v) is 7.58. The summed E-state index contributed by atoms with van der Waals surface area (Å²) in [6.07, 6.45) is 0. The predicted octanol–water partition coefficient (Wildman–Crippen LogP) is 12.2. The molecule has 8 aromatic carbocycles. The minimum absolute atomic E-state index is 0.652. The van der Waals surface area contributed by atoms with Crippen LogP contribution in [0.5, 0.6) is 0 Å². The Morgan fingerprint density at radius 2 is 0.600 bits per heavy atom. The molecule has 0 aliphatic heterocycles. The van der Waals surface area contributed by atoms with E-state index in [0.717, 1.165) is 22.3 Å². The Morgan fingerprint density at radius 3 is 1.20 bits per heavy atom. The number of nitrogens with zero attached hydrogens (tertiary/aromatic N) is 3. The van der Waals surface area contributed by atoms with Gasteiger partial charge in [-0.2, -0.15) is 0 Å². The summed E-state index contributed by atoms with van der Waals surface area (Å²) in [5.41, 5.74) is 13.0. The Hall–Kier alpha value is -6.71. The lowest BCUT2D eigenvalue weighted by Gasteiger charge is -2.14. The monoisotopic (exact) mass is 635 g/mol. The van der Waals surface area contributed by atoms with Crippen LogP contribution in [0.15, 0.2) is 176 Å². The second-order valence-electron chi connectivity index (χ2n) is 12.8. The molecule has 0 spiro atoms. The van der Waals surface area contributed by atoms with E-state index in [1.54, 1.807) is 0 Å². The molecule has 1 aliphatic rings. The molecular formula is C47H29N3. The first-order valence-electron chi connectivity index (χ1n) is 17.0. The fraction of sp³-hybridized carbons (Fsp3) is 0. The van der Waals surface area contributed by atoms with Crippen molar-refractivity contribution in [3.8, 4) is 78.7 Å². The van der Waals surface area contributed by atoms with Crippen molar-refractivity contribution in [3.63, 3.8) is 0 Å². The van der Waals surface area contributed by atoms with E-state index in [0.29, 0.717) is 17.5 Å². The van der Waals surface area contributed by atoms with Gasteiger partial charge in [0.1, 0.15) is 0 Å². The molecule has 0 amide bonds. The third-order valence-corrected chi connectivity index (χ3v) is 9.91. The molecule has 0 saturated heterocycles. The van der Waals surface area contributed by atoms with E-state index >= 15 is 0 Å². The standard InChI is InChI=1S/C47H29N3/c1-3-12-31(13-4-1)45-48-46(32-14-5-2-6-15-32)50-47(49-45)33-26-24-30(25-27-33)34-18-9-20-36-35(34)19-10-21-37(36)40-28-29-43-39-17-8-7-16-38(39)41-22-11-23-42(40)44(41)43/h1-29H. The SMILES string of the molecule is c1ccc(-c2nc(-c3ccccc3)nc(-c3ccc(-c4cccc5c(-c6ccc7c8c(cccc68)-c6ccccc6-7)cccc45)cc3)n2)cc1. The highest BCUT2D eigenvalue weighted by molar-refractivity contribution is 6.20. The molecule has 0 atom stereocenters. The highest BCUT2D eigenvalue weighted by Gasteiger charge is 2.23. The van der Waals surface area contributed by atoms with Crippen molar-refractivity contribution in [2.75, 3.05) is 0 Å². The summed E-state index contributed by atoms with van der Waals surface area (Å²) >= 11 is 0. The Morgan fingerprint density at radius 1 is 0.220 bits per heavy atom. The molecule has 0 N–H and O–H groups in total. The van der Waals surface area contributed by atoms with Gasteiger partial charge in [-0.3, -0.25) is 0 Å². The van der Waals surface area contributed by atoms with Crippen LogP contribution in [0.2, 0.25) is 0 Å². The predicted molar refractivity (Wildman–Crippen MR) is 206 cm³/mol. The molecule has 3 heteroatoms. The smallest absolute Gasteiger partial charge is 0.164 e. The summed E-state index contributed by atoms with van der Waals surface area (Å²) in [6.45, 7) is 0. The van der Waals surface area contributed by atoms with E-state index in [9.17, 15) is 0 Å². The number of aromatic nitrogens is 3. The molecule has 232 valence electrons. The maximum Gasteiger partial charge on any atom is 0.164 e. The van der Waals surface area contributed by atoms with E-state index in [1.165, 1.54) is 60.5 Å². The zero-order valence-corrected chi connectivity index (χ0v) is 27.1. The molecule has 0 fully saturated rings. The number of rotatable bonds is 5. The summed E-state index contributed by atoms with van der Waals surface area (Å²) in [6, 6.07) is 62.2. The van der Waals surface area contributed by atoms with Crippen molar-refractivity contribution in [3.05, 3.63) is 176 Å². The van der Waals surface area contributed by atoms with Crippen molar-refractivity contribution >= 4 is 21.5 Å². The second kappa shape index (κ2) is 11.5. The van der Waals surface area contributed by atoms with Crippen LogP contribution in [-0.4, -0.2) is 15.0 Å². The van der Waals surface area contributed by atoms with Crippen molar-refractivity contribution < 1.29 is 0 Å². The molecule has 0 radical (unpaired) electrons. The zero-order chi connectivity index (χ0) is 33.0. The molecule has 50 heavy (non-hydrogen) atoms. The van der Waals surface area contributed by atoms with Gasteiger partial charge < -0.3 is 0 Å². The normalized spacial score (nSPS) is 11.6. The lowest BCUT2D eigenvalue weighted by atomic mass is 9.89. The topological polar surface area (TPSA) is 38.7 Å². The Bertz CT molecular complexity index is 2650. The first-order valence-corrected chi connectivity index (χ1v) is 17.0. The Labute approximate surface area is 290 Å². The van der Waals surface area contributed by atoms with Crippen LogP contribution >= 0.6 is 0 Å². The van der Waals surface area contributed by atoms with Crippen LogP contribution in [0.3, 0.4) is 0 Å². The molecule has 3 nitrogen and oxygen atoms in total. The lowest BCUT2D eigenvalue weighted by Crippen LogP contribution is -2.00. The summed E-state index contributed by atoms with van der Waals surface area (Å²) in [4.78, 5) is 14.7. The van der Waals surface area contributed by atoms with Crippen molar-refractivity contribution in [2.45, 2.75) is 0 Å². The minimum atomic E-state index is 0.652. The van der Waals surface area contributed by atoms with Crippen LogP contribution in [0.1, 0.15) is 0 Å². The average Bonchev–Trinajstić information content (AvgIpc) is 3.53. The van der Waals surface area contributed by atoms with E-state index in [2.05, 4.69) is 115 Å². The maximum absolute atomic E-state index is 4.93. The van der Waals surface area contributed by atoms with Gasteiger partial charge in [-0.15, -0.1) is 0 Å². The molecule has 1 heterocycles. The van der Waals surface area contributed by atoms with Gasteiger partial charge in [0.2, 0.25) is 0 Å². The van der Waals surface area contributed by atoms with Gasteiger partial charge in [0.05, 0.1) is 0 Å². The van der Waals surface area contributed by atoms with E-state index in [4.69, 9.17) is 15.0 Å². The van der Waals surface area contributed by atoms with Gasteiger partial charge in [-0.1, -0.05) is 176 Å². The van der Waals surface area contributed by atoms with Gasteiger partial charge in [0, 0.05) is 16.7 Å². The highest BCUT2D eigenvalue weighted by Crippen LogP contribution is 2.50. The second-order valence-corrected chi connectivity index (χ2v) is 12.8. The lowest BCUT2D eigenvalue weighted by molar-refractivity contribution is 1.07. The number of hydrogen-bond donors (Lipinski definition) is 0. The third kappa shape index (κ3) is 4.56. The van der Waals surface area contributed by atoms with E-state index in [1.807, 2.05) is 60.7 Å². The number of benzene rings is 8. The number of hydrogen-bond acceptors (Lipinski definition) is 3. The van der Waals surface area contributed by atoms with Crippen LogP contribution in [0.25, 0.3) is 100 Å². The molecule has 0 unspecified atom stereocenters. The van der Waals surface area contributed by atoms with Gasteiger partial charge in [0.25, 0.3) is 0 Å². The molecular weight excluding hydrogens is 607 g/mol. The van der Waals surface area contributed by atoms with E-state index in [-0.39, 0.29) is 0 Å². The highest BCUT2D eigenvalue weighted by atomic mass is 15.0. The molecule has 0 saturated carbocycles. The van der Waals surface area contributed by atoms with E-state index < -0.39 is 0 Å². The molecule has 9 aromatic rings. The molecule has 10 rings (SSSR count). The average molecular weight is 636 g/mol. The summed E-state index contributed by atoms with van der Waals surface area (Å²) in [5.74, 6) is 1.97. The van der Waals surface area contributed by atoms with Gasteiger partial charge in [-0.05, 0) is 66.1 Å². The third-order valence-electron chi connectivity index (χ3n) is 9.91. The van der Waals surface area contributed by atoms with Crippen LogP contribution in [0, 0.1) is 0 Å². The summed E-state index contributed by atoms with van der Waals surface area (Å²) in [5, 5.41) is 5.10. The van der Waals surface area contributed by atoms with Gasteiger partial charge >= 0.3 is 0 Å². The summed E-state index contributed by atoms with van der Waals surface area (Å²) < 4.78 is 0. The van der Waals surface area contributed by atoms with Gasteiger partial charge in [0.15, 0.2) is 17.5 Å². The first-order chi connectivity index (χ1) is 24.8. The maximum atomic E-state index is 4.93. The summed E-state index contributed by atoms with van der Waals surface area (Å²) in [7, 11) is 0. The fourth-order valence-electron chi connectivity index (χ4n) is 7.58. The van der Waals surface area contributed by atoms with Crippen molar-refractivity contribution in [1.82, 2.24) is 15.0 Å². The van der Waals surface area contributed by atoms with Crippen LogP contribution < -0.4 is 0 Å². The first kappa shape index (κ1) is 28.3. The number of fused-ring (bicyclic) bond motifs is 4. The van der Waals surface area contributed by atoms with Crippen molar-refractivity contribution in [2.24, 2.45) is 0 Å². The van der Waals surface area contributed by atoms with Crippen molar-refractivity contribution in [1.29, 1.82) is 0 Å². The largest absolute Gasteiger partial charge is 0.208 e. The molecule has 1 aliphatic carbocycles. The minimum Gasteiger partial charge on any atom is -0.208 e. The quantitative estimate of drug-likeness (QED) is 0.189. The Balaban J connectivity index is 1.07. The molecule has 0 bridgehead atoms. The zero-order valence-electron chi connectivity index (χ0n) is 27.1. The van der Waals surface area contributed by atoms with Crippen LogP contribution in [-0.2, 0) is 0 Å². The Kier molecular flexibility index (Phi) is 6.49.